The van der Waals surface area contributed by atoms with Crippen LogP contribution < -0.4 is 0 Å². The van der Waals surface area contributed by atoms with Gasteiger partial charge in [-0.2, -0.15) is 0 Å². The van der Waals surface area contributed by atoms with E-state index in [2.05, 4.69) is 23.6 Å². The number of hydrogen-bond donors (Lipinski definition) is 0. The van der Waals surface area contributed by atoms with Crippen molar-refractivity contribution in [2.45, 2.75) is 122 Å². The lowest BCUT2D eigenvalue weighted by Crippen LogP contribution is -2.56. The zero-order valence-electron chi connectivity index (χ0n) is 20.8. The van der Waals surface area contributed by atoms with Crippen LogP contribution in [0.2, 0.25) is 0 Å². The fraction of sp³-hybridized carbons (Fsp3) is 1.00. The zero-order valence-corrected chi connectivity index (χ0v) is 20.8. The molecule has 2 aliphatic heterocycles. The summed E-state index contributed by atoms with van der Waals surface area (Å²) < 4.78 is 0. The minimum Gasteiger partial charge on any atom is -0.300 e. The molecule has 0 spiro atoms. The summed E-state index contributed by atoms with van der Waals surface area (Å²) in [5, 5.41) is 0. The summed E-state index contributed by atoms with van der Waals surface area (Å²) in [6, 6.07) is 1.84. The van der Waals surface area contributed by atoms with E-state index >= 15 is 0 Å². The van der Waals surface area contributed by atoms with E-state index in [1.54, 1.807) is 38.5 Å². The minimum atomic E-state index is 0.647. The van der Waals surface area contributed by atoms with Crippen molar-refractivity contribution < 1.29 is 0 Å². The molecule has 0 aromatic heterocycles. The van der Waals surface area contributed by atoms with Gasteiger partial charge in [-0.05, 0) is 144 Å². The van der Waals surface area contributed by atoms with Crippen molar-refractivity contribution in [2.75, 3.05) is 26.2 Å². The molecule has 0 aromatic carbocycles. The van der Waals surface area contributed by atoms with Gasteiger partial charge in [0.1, 0.15) is 0 Å². The third-order valence-electron chi connectivity index (χ3n) is 12.1. The van der Waals surface area contributed by atoms with Crippen LogP contribution in [0.5, 0.6) is 0 Å². The maximum Gasteiger partial charge on any atom is 0.0103 e. The molecular formula is C29H50N2. The van der Waals surface area contributed by atoms with Gasteiger partial charge in [0.15, 0.2) is 0 Å². The van der Waals surface area contributed by atoms with E-state index in [-0.39, 0.29) is 0 Å². The summed E-state index contributed by atoms with van der Waals surface area (Å²) >= 11 is 0. The van der Waals surface area contributed by atoms with E-state index in [4.69, 9.17) is 0 Å². The highest BCUT2D eigenvalue weighted by Crippen LogP contribution is 2.66. The van der Waals surface area contributed by atoms with Crippen LogP contribution in [0.25, 0.3) is 0 Å². The SMILES string of the molecule is C[C@]12CC[C@H]3[C@@H](CC[C@H]4CC[C@@H](N5CCCCC5)C[C@@]43C)[C@@H]1C[C@H](N1CCCCC1)C2. The summed E-state index contributed by atoms with van der Waals surface area (Å²) in [5.41, 5.74) is 1.31. The van der Waals surface area contributed by atoms with Crippen molar-refractivity contribution in [1.82, 2.24) is 9.80 Å². The molecule has 6 aliphatic rings. The van der Waals surface area contributed by atoms with Gasteiger partial charge in [-0.25, -0.2) is 0 Å². The van der Waals surface area contributed by atoms with Gasteiger partial charge in [-0.3, -0.25) is 0 Å². The number of hydrogen-bond acceptors (Lipinski definition) is 2. The van der Waals surface area contributed by atoms with Crippen molar-refractivity contribution in [3.8, 4) is 0 Å². The molecule has 0 unspecified atom stereocenters. The Morgan fingerprint density at radius 2 is 1.26 bits per heavy atom. The Morgan fingerprint density at radius 1 is 0.613 bits per heavy atom. The molecule has 4 aliphatic carbocycles. The molecule has 31 heavy (non-hydrogen) atoms. The van der Waals surface area contributed by atoms with Gasteiger partial charge < -0.3 is 9.80 Å². The second-order valence-corrected chi connectivity index (χ2v) is 13.6. The Labute approximate surface area is 192 Å². The summed E-state index contributed by atoms with van der Waals surface area (Å²) in [6.45, 7) is 11.1. The molecule has 2 nitrogen and oxygen atoms in total. The molecule has 2 heteroatoms. The topological polar surface area (TPSA) is 6.48 Å². The van der Waals surface area contributed by atoms with E-state index < -0.39 is 0 Å². The molecule has 176 valence electrons. The maximum absolute atomic E-state index is 2.93. The third-order valence-corrected chi connectivity index (χ3v) is 12.1. The van der Waals surface area contributed by atoms with E-state index in [0.717, 1.165) is 35.8 Å². The van der Waals surface area contributed by atoms with Gasteiger partial charge in [0.25, 0.3) is 0 Å². The summed E-state index contributed by atoms with van der Waals surface area (Å²) in [7, 11) is 0. The maximum atomic E-state index is 2.93. The first kappa shape index (κ1) is 21.5. The second kappa shape index (κ2) is 8.30. The van der Waals surface area contributed by atoms with Gasteiger partial charge in [0.05, 0.1) is 0 Å². The van der Waals surface area contributed by atoms with Crippen molar-refractivity contribution in [3.63, 3.8) is 0 Å². The van der Waals surface area contributed by atoms with Gasteiger partial charge in [-0.1, -0.05) is 26.7 Å². The third kappa shape index (κ3) is 3.65. The minimum absolute atomic E-state index is 0.647. The standard InChI is InChI=1S/C29H50N2/c1-28-14-13-26-25(27(28)19-24(20-28)31-17-7-4-8-18-31)12-10-22-9-11-23(21-29(22,26)2)30-15-5-3-6-16-30/h22-27H,3-21H2,1-2H3/t22-,23-,24+,25-,26+,27+,28-,29+/m1/s1. The van der Waals surface area contributed by atoms with Crippen LogP contribution in [0.1, 0.15) is 110 Å². The monoisotopic (exact) mass is 426 g/mol. The van der Waals surface area contributed by atoms with Crippen LogP contribution in [-0.4, -0.2) is 48.1 Å². The van der Waals surface area contributed by atoms with Crippen molar-refractivity contribution in [1.29, 1.82) is 0 Å². The molecule has 0 bridgehead atoms. The van der Waals surface area contributed by atoms with Crippen LogP contribution >= 0.6 is 0 Å². The van der Waals surface area contributed by atoms with E-state index in [1.807, 2.05) is 0 Å². The van der Waals surface area contributed by atoms with Crippen molar-refractivity contribution >= 4 is 0 Å². The highest BCUT2D eigenvalue weighted by atomic mass is 15.2. The van der Waals surface area contributed by atoms with Crippen LogP contribution in [-0.2, 0) is 0 Å². The molecule has 4 saturated carbocycles. The lowest BCUT2D eigenvalue weighted by Gasteiger charge is -2.61. The van der Waals surface area contributed by atoms with Gasteiger partial charge in [0, 0.05) is 12.1 Å². The average molecular weight is 427 g/mol. The highest BCUT2D eigenvalue weighted by molar-refractivity contribution is 5.10. The lowest BCUT2D eigenvalue weighted by atomic mass is 9.45. The van der Waals surface area contributed by atoms with E-state index in [1.165, 1.54) is 84.0 Å². The molecule has 2 heterocycles. The Balaban J connectivity index is 1.20. The molecule has 0 amide bonds. The van der Waals surface area contributed by atoms with Crippen LogP contribution in [0.4, 0.5) is 0 Å². The van der Waals surface area contributed by atoms with E-state index in [0.29, 0.717) is 10.8 Å². The largest absolute Gasteiger partial charge is 0.300 e. The van der Waals surface area contributed by atoms with Crippen LogP contribution in [0, 0.1) is 34.5 Å². The molecular weight excluding hydrogens is 376 g/mol. The average Bonchev–Trinajstić information content (AvgIpc) is 3.17. The van der Waals surface area contributed by atoms with Crippen LogP contribution in [0.3, 0.4) is 0 Å². The molecule has 2 saturated heterocycles. The van der Waals surface area contributed by atoms with Crippen molar-refractivity contribution in [2.24, 2.45) is 34.5 Å². The molecule has 0 radical (unpaired) electrons. The quantitative estimate of drug-likeness (QED) is 0.482. The predicted molar refractivity (Wildman–Crippen MR) is 130 cm³/mol. The molecule has 0 N–H and O–H groups in total. The molecule has 6 rings (SSSR count). The lowest BCUT2D eigenvalue weighted by molar-refractivity contribution is -0.118. The van der Waals surface area contributed by atoms with Gasteiger partial charge in [-0.15, -0.1) is 0 Å². The Hall–Kier alpha value is -0.0800. The number of likely N-dealkylation sites (tertiary alicyclic amines) is 2. The normalized spacial score (nSPS) is 51.7. The summed E-state index contributed by atoms with van der Waals surface area (Å²) in [4.78, 5) is 5.87. The predicted octanol–water partition coefficient (Wildman–Crippen LogP) is 6.74. The van der Waals surface area contributed by atoms with E-state index in [9.17, 15) is 0 Å². The number of rotatable bonds is 2. The summed E-state index contributed by atoms with van der Waals surface area (Å²) in [6.07, 6.45) is 22.7. The van der Waals surface area contributed by atoms with Crippen LogP contribution in [0.15, 0.2) is 0 Å². The summed E-state index contributed by atoms with van der Waals surface area (Å²) in [5.74, 6) is 4.16. The Morgan fingerprint density at radius 3 is 1.97 bits per heavy atom. The Bertz CT molecular complexity index is 635. The van der Waals surface area contributed by atoms with Gasteiger partial charge >= 0.3 is 0 Å². The highest BCUT2D eigenvalue weighted by Gasteiger charge is 2.60. The molecule has 8 atom stereocenters. The smallest absolute Gasteiger partial charge is 0.0103 e. The molecule has 0 aromatic rings. The number of fused-ring (bicyclic) bond motifs is 5. The first-order valence-corrected chi connectivity index (χ1v) is 14.5. The first-order chi connectivity index (χ1) is 15.1. The first-order valence-electron chi connectivity index (χ1n) is 14.5. The fourth-order valence-electron chi connectivity index (χ4n) is 10.5. The second-order valence-electron chi connectivity index (χ2n) is 13.6. The molecule has 6 fully saturated rings. The van der Waals surface area contributed by atoms with Crippen molar-refractivity contribution in [3.05, 3.63) is 0 Å². The fourth-order valence-corrected chi connectivity index (χ4v) is 10.5. The zero-order chi connectivity index (χ0) is 21.1. The van der Waals surface area contributed by atoms with Gasteiger partial charge in [0.2, 0.25) is 0 Å². The Kier molecular flexibility index (Phi) is 5.74. The number of nitrogens with zero attached hydrogens (tertiary/aromatic N) is 2. The number of piperidine rings is 2.